The van der Waals surface area contributed by atoms with Crippen LogP contribution in [-0.2, 0) is 6.42 Å². The third-order valence-corrected chi connectivity index (χ3v) is 3.56. The number of ketones is 1. The van der Waals surface area contributed by atoms with Crippen molar-refractivity contribution in [3.63, 3.8) is 0 Å². The molecule has 0 heterocycles. The van der Waals surface area contributed by atoms with E-state index in [1.54, 1.807) is 6.07 Å². The number of carbonyl (C=O) groups is 1. The van der Waals surface area contributed by atoms with Gasteiger partial charge in [-0.05, 0) is 17.5 Å². The molecule has 2 nitrogen and oxygen atoms in total. The van der Waals surface area contributed by atoms with Gasteiger partial charge >= 0.3 is 0 Å². The van der Waals surface area contributed by atoms with E-state index < -0.39 is 6.10 Å². The molecule has 0 fully saturated rings. The normalized spacial score (nSPS) is 21.9. The Labute approximate surface area is 106 Å². The molecule has 90 valence electrons. The number of aliphatic hydroxyl groups excluding tert-OH is 1. The number of Topliss-reactive ketones (excluding diaryl/α,β-unsaturated/α-hetero) is 1. The standard InChI is InChI=1S/C16H14O2/c17-15-12-8-4-5-9-13(12)16(18)14(15)10-11-6-2-1-3-7-11/h1-9,14-15,17H,10H2/t14-,15-/m1/s1. The first-order valence-electron chi connectivity index (χ1n) is 6.12. The van der Waals surface area contributed by atoms with E-state index in [2.05, 4.69) is 0 Å². The molecule has 2 atom stereocenters. The Hall–Kier alpha value is -1.93. The van der Waals surface area contributed by atoms with Crippen molar-refractivity contribution in [1.29, 1.82) is 0 Å². The van der Waals surface area contributed by atoms with Gasteiger partial charge in [-0.15, -0.1) is 0 Å². The van der Waals surface area contributed by atoms with Gasteiger partial charge in [-0.2, -0.15) is 0 Å². The molecule has 3 rings (SSSR count). The fourth-order valence-corrected chi connectivity index (χ4v) is 2.61. The van der Waals surface area contributed by atoms with Gasteiger partial charge in [0.1, 0.15) is 0 Å². The zero-order valence-corrected chi connectivity index (χ0v) is 9.91. The van der Waals surface area contributed by atoms with E-state index in [4.69, 9.17) is 0 Å². The number of hydrogen-bond acceptors (Lipinski definition) is 2. The highest BCUT2D eigenvalue weighted by Gasteiger charge is 2.38. The second kappa shape index (κ2) is 4.39. The Morgan fingerprint density at radius 1 is 0.944 bits per heavy atom. The van der Waals surface area contributed by atoms with Crippen LogP contribution in [0.15, 0.2) is 54.6 Å². The summed E-state index contributed by atoms with van der Waals surface area (Å²) in [4.78, 5) is 12.3. The molecular weight excluding hydrogens is 224 g/mol. The molecule has 0 saturated carbocycles. The smallest absolute Gasteiger partial charge is 0.169 e. The Morgan fingerprint density at radius 3 is 2.33 bits per heavy atom. The lowest BCUT2D eigenvalue weighted by molar-refractivity contribution is 0.0757. The van der Waals surface area contributed by atoms with Crippen LogP contribution >= 0.6 is 0 Å². The average molecular weight is 238 g/mol. The first kappa shape index (κ1) is 11.2. The van der Waals surface area contributed by atoms with Gasteiger partial charge in [0.15, 0.2) is 5.78 Å². The predicted octanol–water partition coefficient (Wildman–Crippen LogP) is 2.78. The number of fused-ring (bicyclic) bond motifs is 1. The lowest BCUT2D eigenvalue weighted by Gasteiger charge is -2.13. The summed E-state index contributed by atoms with van der Waals surface area (Å²) in [5.41, 5.74) is 2.53. The minimum absolute atomic E-state index is 0.0574. The van der Waals surface area contributed by atoms with E-state index in [0.717, 1.165) is 11.1 Å². The molecule has 2 heteroatoms. The summed E-state index contributed by atoms with van der Waals surface area (Å²) in [5.74, 6) is -0.285. The molecule has 0 unspecified atom stereocenters. The van der Waals surface area contributed by atoms with Crippen molar-refractivity contribution in [3.05, 3.63) is 71.3 Å². The highest BCUT2D eigenvalue weighted by molar-refractivity contribution is 6.03. The van der Waals surface area contributed by atoms with Crippen LogP contribution < -0.4 is 0 Å². The minimum atomic E-state index is -0.672. The van der Waals surface area contributed by atoms with Gasteiger partial charge in [-0.25, -0.2) is 0 Å². The van der Waals surface area contributed by atoms with E-state index in [-0.39, 0.29) is 11.7 Å². The Kier molecular flexibility index (Phi) is 2.73. The molecule has 0 aromatic heterocycles. The second-order valence-electron chi connectivity index (χ2n) is 4.69. The molecular formula is C16H14O2. The quantitative estimate of drug-likeness (QED) is 0.873. The van der Waals surface area contributed by atoms with Crippen LogP contribution in [0.4, 0.5) is 0 Å². The van der Waals surface area contributed by atoms with Gasteiger partial charge < -0.3 is 5.11 Å². The van der Waals surface area contributed by atoms with Crippen molar-refractivity contribution in [1.82, 2.24) is 0 Å². The molecule has 2 aromatic carbocycles. The van der Waals surface area contributed by atoms with E-state index in [1.165, 1.54) is 0 Å². The summed E-state index contributed by atoms with van der Waals surface area (Å²) in [7, 11) is 0. The monoisotopic (exact) mass is 238 g/mol. The topological polar surface area (TPSA) is 37.3 Å². The lowest BCUT2D eigenvalue weighted by atomic mass is 9.94. The van der Waals surface area contributed by atoms with Gasteiger partial charge in [0.25, 0.3) is 0 Å². The van der Waals surface area contributed by atoms with Crippen LogP contribution in [0.5, 0.6) is 0 Å². The van der Waals surface area contributed by atoms with Crippen LogP contribution in [0, 0.1) is 5.92 Å². The van der Waals surface area contributed by atoms with Gasteiger partial charge in [-0.1, -0.05) is 54.6 Å². The van der Waals surface area contributed by atoms with E-state index >= 15 is 0 Å². The third-order valence-electron chi connectivity index (χ3n) is 3.56. The maximum atomic E-state index is 12.3. The molecule has 0 bridgehead atoms. The predicted molar refractivity (Wildman–Crippen MR) is 69.4 cm³/mol. The van der Waals surface area contributed by atoms with Crippen LogP contribution in [0.25, 0.3) is 0 Å². The highest BCUT2D eigenvalue weighted by atomic mass is 16.3. The number of hydrogen-bond donors (Lipinski definition) is 1. The van der Waals surface area contributed by atoms with Gasteiger partial charge in [0.2, 0.25) is 0 Å². The first-order chi connectivity index (χ1) is 8.77. The van der Waals surface area contributed by atoms with Crippen LogP contribution in [0.2, 0.25) is 0 Å². The van der Waals surface area contributed by atoms with Crippen LogP contribution in [-0.4, -0.2) is 10.9 Å². The number of benzene rings is 2. The van der Waals surface area contributed by atoms with Crippen molar-refractivity contribution in [2.24, 2.45) is 5.92 Å². The van der Waals surface area contributed by atoms with E-state index in [9.17, 15) is 9.90 Å². The fourth-order valence-electron chi connectivity index (χ4n) is 2.61. The molecule has 2 aromatic rings. The summed E-state index contributed by atoms with van der Waals surface area (Å²) in [6.07, 6.45) is -0.0795. The van der Waals surface area contributed by atoms with Crippen molar-refractivity contribution < 1.29 is 9.90 Å². The van der Waals surface area contributed by atoms with Crippen LogP contribution in [0.3, 0.4) is 0 Å². The largest absolute Gasteiger partial charge is 0.388 e. The zero-order valence-electron chi connectivity index (χ0n) is 9.91. The van der Waals surface area contributed by atoms with Gasteiger partial charge in [0, 0.05) is 5.56 Å². The molecule has 1 N–H and O–H groups in total. The van der Waals surface area contributed by atoms with Gasteiger partial charge in [-0.3, -0.25) is 4.79 Å². The molecule has 18 heavy (non-hydrogen) atoms. The summed E-state index contributed by atoms with van der Waals surface area (Å²) >= 11 is 0. The molecule has 0 radical (unpaired) electrons. The van der Waals surface area contributed by atoms with Crippen molar-refractivity contribution in [2.75, 3.05) is 0 Å². The van der Waals surface area contributed by atoms with Crippen LogP contribution in [0.1, 0.15) is 27.6 Å². The minimum Gasteiger partial charge on any atom is -0.388 e. The maximum Gasteiger partial charge on any atom is 0.169 e. The Morgan fingerprint density at radius 2 is 1.61 bits per heavy atom. The summed E-state index contributed by atoms with van der Waals surface area (Å²) in [5, 5.41) is 10.3. The average Bonchev–Trinajstić information content (AvgIpc) is 2.66. The highest BCUT2D eigenvalue weighted by Crippen LogP contribution is 2.37. The fraction of sp³-hybridized carbons (Fsp3) is 0.188. The summed E-state index contributed by atoms with van der Waals surface area (Å²) in [6, 6.07) is 17.2. The molecule has 1 aliphatic carbocycles. The SMILES string of the molecule is O=C1c2ccccc2[C@@H](O)[C@H]1Cc1ccccc1. The maximum absolute atomic E-state index is 12.3. The number of carbonyl (C=O) groups excluding carboxylic acids is 1. The van der Waals surface area contributed by atoms with E-state index in [0.29, 0.717) is 12.0 Å². The van der Waals surface area contributed by atoms with Crippen molar-refractivity contribution in [2.45, 2.75) is 12.5 Å². The molecule has 0 spiro atoms. The Bertz CT molecular complexity index is 575. The molecule has 0 amide bonds. The Balaban J connectivity index is 1.91. The van der Waals surface area contributed by atoms with Crippen molar-refractivity contribution >= 4 is 5.78 Å². The van der Waals surface area contributed by atoms with E-state index in [1.807, 2.05) is 48.5 Å². The second-order valence-corrected chi connectivity index (χ2v) is 4.69. The molecule has 0 aliphatic heterocycles. The third kappa shape index (κ3) is 1.75. The first-order valence-corrected chi connectivity index (χ1v) is 6.12. The number of aliphatic hydroxyl groups is 1. The summed E-state index contributed by atoms with van der Waals surface area (Å²) in [6.45, 7) is 0. The lowest BCUT2D eigenvalue weighted by Crippen LogP contribution is -2.16. The molecule has 1 aliphatic rings. The molecule has 0 saturated heterocycles. The van der Waals surface area contributed by atoms with Gasteiger partial charge in [0.05, 0.1) is 12.0 Å². The summed E-state index contributed by atoms with van der Waals surface area (Å²) < 4.78 is 0. The van der Waals surface area contributed by atoms with Crippen molar-refractivity contribution in [3.8, 4) is 0 Å². The number of rotatable bonds is 2. The zero-order chi connectivity index (χ0) is 12.5.